The molecule has 1 saturated heterocycles. The molecular formula is C16H17NO2. The van der Waals surface area contributed by atoms with E-state index in [1.807, 2.05) is 6.07 Å². The maximum absolute atomic E-state index is 11.2. The van der Waals surface area contributed by atoms with E-state index >= 15 is 0 Å². The van der Waals surface area contributed by atoms with Gasteiger partial charge in [0.15, 0.2) is 6.29 Å². The molecule has 0 spiro atoms. The molecule has 0 N–H and O–H groups in total. The molecule has 2 aliphatic rings. The van der Waals surface area contributed by atoms with Gasteiger partial charge in [0.1, 0.15) is 0 Å². The zero-order chi connectivity index (χ0) is 12.8. The number of benzene rings is 1. The second kappa shape index (κ2) is 4.20. The highest BCUT2D eigenvalue weighted by Crippen LogP contribution is 2.34. The van der Waals surface area contributed by atoms with E-state index in [-0.39, 0.29) is 0 Å². The van der Waals surface area contributed by atoms with Crippen molar-refractivity contribution in [2.75, 3.05) is 13.2 Å². The maximum Gasteiger partial charge on any atom is 0.166 e. The molecule has 19 heavy (non-hydrogen) atoms. The van der Waals surface area contributed by atoms with Gasteiger partial charge < -0.3 is 9.30 Å². The van der Waals surface area contributed by atoms with Gasteiger partial charge in [-0.2, -0.15) is 0 Å². The van der Waals surface area contributed by atoms with Gasteiger partial charge in [0.05, 0.1) is 18.9 Å². The van der Waals surface area contributed by atoms with Crippen LogP contribution in [-0.4, -0.2) is 24.1 Å². The van der Waals surface area contributed by atoms with Gasteiger partial charge in [0.25, 0.3) is 0 Å². The molecule has 1 aliphatic heterocycles. The van der Waals surface area contributed by atoms with Crippen molar-refractivity contribution in [2.24, 2.45) is 5.92 Å². The first-order chi connectivity index (χ1) is 9.35. The van der Waals surface area contributed by atoms with E-state index in [0.29, 0.717) is 5.92 Å². The average molecular weight is 255 g/mol. The number of hydrogen-bond acceptors (Lipinski definition) is 2. The lowest BCUT2D eigenvalue weighted by atomic mass is 9.97. The van der Waals surface area contributed by atoms with Crippen LogP contribution in [-0.2, 0) is 11.3 Å². The van der Waals surface area contributed by atoms with Crippen LogP contribution in [0.25, 0.3) is 10.9 Å². The Morgan fingerprint density at radius 3 is 2.74 bits per heavy atom. The Labute approximate surface area is 112 Å². The van der Waals surface area contributed by atoms with Crippen LogP contribution < -0.4 is 0 Å². The van der Waals surface area contributed by atoms with Crippen LogP contribution in [0.1, 0.15) is 34.8 Å². The van der Waals surface area contributed by atoms with Crippen molar-refractivity contribution in [2.45, 2.75) is 25.3 Å². The van der Waals surface area contributed by atoms with E-state index in [2.05, 4.69) is 22.8 Å². The first-order valence-corrected chi connectivity index (χ1v) is 7.01. The van der Waals surface area contributed by atoms with Crippen LogP contribution in [0.15, 0.2) is 24.3 Å². The standard InChI is InChI=1S/C16H17NO2/c18-8-15-5-13-4-3-12(14-9-19-10-14)6-16(13)17(15)7-11-1-2-11/h3-6,8,11,14H,1-2,7,9-10H2. The molecule has 2 heterocycles. The number of aldehydes is 1. The molecule has 0 atom stereocenters. The third kappa shape index (κ3) is 1.89. The lowest BCUT2D eigenvalue weighted by Gasteiger charge is -2.26. The molecule has 0 bridgehead atoms. The average Bonchev–Trinajstić information content (AvgIpc) is 3.10. The molecule has 1 aromatic carbocycles. The summed E-state index contributed by atoms with van der Waals surface area (Å²) in [5.74, 6) is 1.30. The molecule has 98 valence electrons. The summed E-state index contributed by atoms with van der Waals surface area (Å²) in [5.41, 5.74) is 3.36. The Kier molecular flexibility index (Phi) is 2.49. The molecule has 2 aromatic rings. The monoisotopic (exact) mass is 255 g/mol. The van der Waals surface area contributed by atoms with E-state index in [4.69, 9.17) is 4.74 Å². The van der Waals surface area contributed by atoms with Crippen LogP contribution in [0.3, 0.4) is 0 Å². The van der Waals surface area contributed by atoms with E-state index < -0.39 is 0 Å². The summed E-state index contributed by atoms with van der Waals surface area (Å²) in [7, 11) is 0. The fourth-order valence-electron chi connectivity index (χ4n) is 2.83. The van der Waals surface area contributed by atoms with Gasteiger partial charge >= 0.3 is 0 Å². The summed E-state index contributed by atoms with van der Waals surface area (Å²) in [6.07, 6.45) is 3.58. The van der Waals surface area contributed by atoms with Gasteiger partial charge in [-0.05, 0) is 36.5 Å². The van der Waals surface area contributed by atoms with E-state index in [9.17, 15) is 4.79 Å². The van der Waals surface area contributed by atoms with Crippen molar-refractivity contribution in [1.82, 2.24) is 4.57 Å². The second-order valence-electron chi connectivity index (χ2n) is 5.79. The van der Waals surface area contributed by atoms with Gasteiger partial charge in [-0.3, -0.25) is 4.79 Å². The van der Waals surface area contributed by atoms with Gasteiger partial charge in [-0.15, -0.1) is 0 Å². The minimum atomic E-state index is 0.536. The van der Waals surface area contributed by atoms with E-state index in [1.54, 1.807) is 0 Å². The topological polar surface area (TPSA) is 31.2 Å². The predicted octanol–water partition coefficient (Wildman–Crippen LogP) is 2.98. The molecular weight excluding hydrogens is 238 g/mol. The molecule has 0 radical (unpaired) electrons. The predicted molar refractivity (Wildman–Crippen MR) is 73.6 cm³/mol. The minimum Gasteiger partial charge on any atom is -0.380 e. The second-order valence-corrected chi connectivity index (χ2v) is 5.79. The quantitative estimate of drug-likeness (QED) is 0.786. The zero-order valence-corrected chi connectivity index (χ0v) is 10.8. The van der Waals surface area contributed by atoms with Crippen LogP contribution >= 0.6 is 0 Å². The molecule has 1 aromatic heterocycles. The van der Waals surface area contributed by atoms with Crippen LogP contribution in [0.5, 0.6) is 0 Å². The Balaban J connectivity index is 1.81. The van der Waals surface area contributed by atoms with Crippen molar-refractivity contribution < 1.29 is 9.53 Å². The fourth-order valence-corrected chi connectivity index (χ4v) is 2.83. The summed E-state index contributed by atoms with van der Waals surface area (Å²) in [6.45, 7) is 2.65. The molecule has 0 amide bonds. The maximum atomic E-state index is 11.2. The highest BCUT2D eigenvalue weighted by Gasteiger charge is 2.25. The first-order valence-electron chi connectivity index (χ1n) is 7.01. The summed E-state index contributed by atoms with van der Waals surface area (Å²) in [6, 6.07) is 8.56. The van der Waals surface area contributed by atoms with Crippen LogP contribution in [0, 0.1) is 5.92 Å². The molecule has 3 nitrogen and oxygen atoms in total. The van der Waals surface area contributed by atoms with Crippen LogP contribution in [0.2, 0.25) is 0 Å². The molecule has 3 heteroatoms. The molecule has 2 fully saturated rings. The Morgan fingerprint density at radius 2 is 2.11 bits per heavy atom. The molecule has 4 rings (SSSR count). The summed E-state index contributed by atoms with van der Waals surface area (Å²) >= 11 is 0. The normalized spacial score (nSPS) is 19.6. The third-order valence-corrected chi connectivity index (χ3v) is 4.33. The number of hydrogen-bond donors (Lipinski definition) is 0. The number of ether oxygens (including phenoxy) is 1. The lowest BCUT2D eigenvalue weighted by Crippen LogP contribution is -2.24. The van der Waals surface area contributed by atoms with E-state index in [1.165, 1.54) is 29.3 Å². The van der Waals surface area contributed by atoms with Crippen molar-refractivity contribution in [3.63, 3.8) is 0 Å². The van der Waals surface area contributed by atoms with Gasteiger partial charge in [0, 0.05) is 23.4 Å². The number of rotatable bonds is 4. The number of aromatic nitrogens is 1. The van der Waals surface area contributed by atoms with Crippen molar-refractivity contribution in [3.8, 4) is 0 Å². The highest BCUT2D eigenvalue weighted by molar-refractivity contribution is 5.89. The molecule has 1 aliphatic carbocycles. The Bertz CT molecular complexity index is 635. The number of carbonyl (C=O) groups is 1. The lowest BCUT2D eigenvalue weighted by molar-refractivity contribution is 0.00846. The first kappa shape index (κ1) is 11.2. The zero-order valence-electron chi connectivity index (χ0n) is 10.8. The van der Waals surface area contributed by atoms with Crippen molar-refractivity contribution in [1.29, 1.82) is 0 Å². The number of nitrogens with zero attached hydrogens (tertiary/aromatic N) is 1. The van der Waals surface area contributed by atoms with Crippen molar-refractivity contribution >= 4 is 17.2 Å². The van der Waals surface area contributed by atoms with Gasteiger partial charge in [-0.25, -0.2) is 0 Å². The summed E-state index contributed by atoms with van der Waals surface area (Å²) < 4.78 is 7.47. The highest BCUT2D eigenvalue weighted by atomic mass is 16.5. The SMILES string of the molecule is O=Cc1cc2ccc(C3COC3)cc2n1CC1CC1. The smallest absolute Gasteiger partial charge is 0.166 e. The summed E-state index contributed by atoms with van der Waals surface area (Å²) in [5, 5.41) is 1.17. The number of carbonyl (C=O) groups excluding carboxylic acids is 1. The molecule has 0 unspecified atom stereocenters. The van der Waals surface area contributed by atoms with E-state index in [0.717, 1.165) is 37.7 Å². The van der Waals surface area contributed by atoms with Gasteiger partial charge in [0.2, 0.25) is 0 Å². The third-order valence-electron chi connectivity index (χ3n) is 4.33. The summed E-state index contributed by atoms with van der Waals surface area (Å²) in [4.78, 5) is 11.2. The van der Waals surface area contributed by atoms with Gasteiger partial charge in [-0.1, -0.05) is 12.1 Å². The fraction of sp³-hybridized carbons (Fsp3) is 0.438. The Morgan fingerprint density at radius 1 is 1.26 bits per heavy atom. The van der Waals surface area contributed by atoms with Crippen LogP contribution in [0.4, 0.5) is 0 Å². The van der Waals surface area contributed by atoms with Crippen molar-refractivity contribution in [3.05, 3.63) is 35.5 Å². The molecule has 1 saturated carbocycles. The minimum absolute atomic E-state index is 0.536. The Hall–Kier alpha value is -1.61. The largest absolute Gasteiger partial charge is 0.380 e. The number of fused-ring (bicyclic) bond motifs is 1.